The first kappa shape index (κ1) is 18.6. The molecule has 1 atom stereocenters. The summed E-state index contributed by atoms with van der Waals surface area (Å²) in [7, 11) is 1.57. The minimum absolute atomic E-state index is 0.249. The highest BCUT2D eigenvalue weighted by Gasteiger charge is 2.14. The molecule has 7 nitrogen and oxygen atoms in total. The average molecular weight is 398 g/mol. The fraction of sp³-hybridized carbons (Fsp3) is 0.350. The first-order chi connectivity index (χ1) is 13.7. The van der Waals surface area contributed by atoms with Crippen molar-refractivity contribution in [2.45, 2.75) is 25.4 Å². The predicted octanol–water partition coefficient (Wildman–Crippen LogP) is 3.82. The Morgan fingerprint density at radius 3 is 3.00 bits per heavy atom. The Balaban J connectivity index is 1.45. The van der Waals surface area contributed by atoms with Crippen LogP contribution in [0.1, 0.15) is 29.8 Å². The number of fused-ring (bicyclic) bond motifs is 1. The number of pyridine rings is 1. The second kappa shape index (κ2) is 8.53. The van der Waals surface area contributed by atoms with Gasteiger partial charge in [-0.05, 0) is 37.5 Å². The maximum atomic E-state index is 11.7. The summed E-state index contributed by atoms with van der Waals surface area (Å²) in [5.41, 5.74) is 1.24. The number of nitrogens with zero attached hydrogens (tertiary/aromatic N) is 2. The van der Waals surface area contributed by atoms with Crippen LogP contribution in [0.3, 0.4) is 0 Å². The summed E-state index contributed by atoms with van der Waals surface area (Å²) in [6.07, 6.45) is 5.30. The van der Waals surface area contributed by atoms with E-state index in [-0.39, 0.29) is 12.0 Å². The SMILES string of the molecule is CNC(=O)c1cc(Oc2ccc3nc(NCC4CCCCO4)sc3c2)ccn1. The summed E-state index contributed by atoms with van der Waals surface area (Å²) in [6.45, 7) is 1.63. The lowest BCUT2D eigenvalue weighted by Gasteiger charge is -2.22. The molecule has 2 N–H and O–H groups in total. The number of hydrogen-bond donors (Lipinski definition) is 2. The third-order valence-corrected chi connectivity index (χ3v) is 5.52. The fourth-order valence-corrected chi connectivity index (χ4v) is 3.98. The number of aromatic nitrogens is 2. The monoisotopic (exact) mass is 398 g/mol. The molecule has 0 spiro atoms. The van der Waals surface area contributed by atoms with Crippen LogP contribution in [0.4, 0.5) is 5.13 Å². The number of ether oxygens (including phenoxy) is 2. The molecule has 0 radical (unpaired) electrons. The highest BCUT2D eigenvalue weighted by atomic mass is 32.1. The number of amides is 1. The minimum atomic E-state index is -0.249. The topological polar surface area (TPSA) is 85.4 Å². The molecule has 1 fully saturated rings. The van der Waals surface area contributed by atoms with Gasteiger partial charge in [0.15, 0.2) is 5.13 Å². The van der Waals surface area contributed by atoms with Gasteiger partial charge in [-0.25, -0.2) is 4.98 Å². The van der Waals surface area contributed by atoms with Gasteiger partial charge in [-0.1, -0.05) is 11.3 Å². The largest absolute Gasteiger partial charge is 0.457 e. The Bertz CT molecular complexity index is 969. The van der Waals surface area contributed by atoms with Gasteiger partial charge in [0, 0.05) is 38.5 Å². The van der Waals surface area contributed by atoms with Crippen LogP contribution in [0.5, 0.6) is 11.5 Å². The Hall–Kier alpha value is -2.71. The maximum Gasteiger partial charge on any atom is 0.269 e. The molecule has 1 aliphatic rings. The van der Waals surface area contributed by atoms with E-state index in [0.717, 1.165) is 41.3 Å². The Kier molecular flexibility index (Phi) is 5.68. The van der Waals surface area contributed by atoms with E-state index in [4.69, 9.17) is 9.47 Å². The third kappa shape index (κ3) is 4.40. The van der Waals surface area contributed by atoms with Gasteiger partial charge < -0.3 is 20.1 Å². The number of nitrogens with one attached hydrogen (secondary N) is 2. The van der Waals surface area contributed by atoms with E-state index in [9.17, 15) is 4.79 Å². The average Bonchev–Trinajstić information content (AvgIpc) is 3.15. The van der Waals surface area contributed by atoms with Crippen molar-refractivity contribution in [3.63, 3.8) is 0 Å². The van der Waals surface area contributed by atoms with E-state index in [1.165, 1.54) is 6.42 Å². The molecule has 1 amide bonds. The Morgan fingerprint density at radius 2 is 2.18 bits per heavy atom. The summed E-state index contributed by atoms with van der Waals surface area (Å²) in [5, 5.41) is 6.83. The lowest BCUT2D eigenvalue weighted by Crippen LogP contribution is -2.26. The van der Waals surface area contributed by atoms with Crippen LogP contribution in [-0.4, -0.2) is 42.2 Å². The zero-order chi connectivity index (χ0) is 19.3. The number of benzene rings is 1. The highest BCUT2D eigenvalue weighted by Crippen LogP contribution is 2.31. The van der Waals surface area contributed by atoms with E-state index < -0.39 is 0 Å². The summed E-state index contributed by atoms with van der Waals surface area (Å²) in [6, 6.07) is 9.10. The first-order valence-corrected chi connectivity index (χ1v) is 10.1. The van der Waals surface area contributed by atoms with Crippen LogP contribution in [-0.2, 0) is 4.74 Å². The van der Waals surface area contributed by atoms with Gasteiger partial charge in [-0.15, -0.1) is 0 Å². The van der Waals surface area contributed by atoms with Crippen LogP contribution >= 0.6 is 11.3 Å². The van der Waals surface area contributed by atoms with Crippen molar-refractivity contribution in [3.8, 4) is 11.5 Å². The smallest absolute Gasteiger partial charge is 0.269 e. The molecular weight excluding hydrogens is 376 g/mol. The molecule has 1 aromatic carbocycles. The molecule has 28 heavy (non-hydrogen) atoms. The summed E-state index contributed by atoms with van der Waals surface area (Å²) in [4.78, 5) is 20.4. The van der Waals surface area contributed by atoms with Gasteiger partial charge in [0.1, 0.15) is 17.2 Å². The van der Waals surface area contributed by atoms with Gasteiger partial charge in [0.05, 0.1) is 16.3 Å². The predicted molar refractivity (Wildman–Crippen MR) is 109 cm³/mol. The minimum Gasteiger partial charge on any atom is -0.457 e. The molecule has 3 heterocycles. The van der Waals surface area contributed by atoms with Crippen molar-refractivity contribution in [3.05, 3.63) is 42.2 Å². The van der Waals surface area contributed by atoms with Crippen molar-refractivity contribution in [1.82, 2.24) is 15.3 Å². The molecule has 1 saturated heterocycles. The van der Waals surface area contributed by atoms with Gasteiger partial charge in [-0.2, -0.15) is 0 Å². The number of carbonyl (C=O) groups excluding carboxylic acids is 1. The van der Waals surface area contributed by atoms with Gasteiger partial charge in [0.2, 0.25) is 0 Å². The number of anilines is 1. The van der Waals surface area contributed by atoms with Crippen molar-refractivity contribution < 1.29 is 14.3 Å². The normalized spacial score (nSPS) is 16.7. The fourth-order valence-electron chi connectivity index (χ4n) is 3.08. The molecule has 8 heteroatoms. The zero-order valence-corrected chi connectivity index (χ0v) is 16.4. The number of thiazole rings is 1. The van der Waals surface area contributed by atoms with E-state index in [1.54, 1.807) is 36.7 Å². The van der Waals surface area contributed by atoms with Crippen LogP contribution in [0.2, 0.25) is 0 Å². The van der Waals surface area contributed by atoms with Crippen molar-refractivity contribution in [2.75, 3.05) is 25.5 Å². The molecular formula is C20H22N4O3S. The first-order valence-electron chi connectivity index (χ1n) is 9.33. The van der Waals surface area contributed by atoms with Crippen LogP contribution in [0.15, 0.2) is 36.5 Å². The van der Waals surface area contributed by atoms with Crippen molar-refractivity contribution in [1.29, 1.82) is 0 Å². The lowest BCUT2D eigenvalue weighted by molar-refractivity contribution is 0.0247. The van der Waals surface area contributed by atoms with Crippen LogP contribution < -0.4 is 15.4 Å². The number of hydrogen-bond acceptors (Lipinski definition) is 7. The Labute approximate surface area is 167 Å². The molecule has 2 aromatic heterocycles. The molecule has 0 saturated carbocycles. The zero-order valence-electron chi connectivity index (χ0n) is 15.6. The molecule has 1 unspecified atom stereocenters. The molecule has 1 aliphatic heterocycles. The standard InChI is InChI=1S/C20H22N4O3S/c1-21-19(25)17-10-14(7-8-22-17)27-13-5-6-16-18(11-13)28-20(24-16)23-12-15-4-2-3-9-26-15/h5-8,10-11,15H,2-4,9,12H2,1H3,(H,21,25)(H,23,24). The summed E-state index contributed by atoms with van der Waals surface area (Å²) >= 11 is 1.59. The van der Waals surface area contributed by atoms with Crippen LogP contribution in [0.25, 0.3) is 10.2 Å². The number of carbonyl (C=O) groups is 1. The highest BCUT2D eigenvalue weighted by molar-refractivity contribution is 7.22. The summed E-state index contributed by atoms with van der Waals surface area (Å²) < 4.78 is 12.7. The molecule has 0 bridgehead atoms. The summed E-state index contributed by atoms with van der Waals surface area (Å²) in [5.74, 6) is 0.999. The Morgan fingerprint density at radius 1 is 1.29 bits per heavy atom. The van der Waals surface area contributed by atoms with Crippen LogP contribution in [0, 0.1) is 0 Å². The second-order valence-corrected chi connectivity index (χ2v) is 7.61. The van der Waals surface area contributed by atoms with E-state index in [1.807, 2.05) is 18.2 Å². The third-order valence-electron chi connectivity index (χ3n) is 4.54. The maximum absolute atomic E-state index is 11.7. The van der Waals surface area contributed by atoms with Gasteiger partial charge >= 0.3 is 0 Å². The van der Waals surface area contributed by atoms with E-state index >= 15 is 0 Å². The number of rotatable bonds is 6. The van der Waals surface area contributed by atoms with Gasteiger partial charge in [0.25, 0.3) is 5.91 Å². The second-order valence-electron chi connectivity index (χ2n) is 6.58. The lowest BCUT2D eigenvalue weighted by atomic mass is 10.1. The van der Waals surface area contributed by atoms with Crippen molar-refractivity contribution in [2.24, 2.45) is 0 Å². The molecule has 4 rings (SSSR count). The van der Waals surface area contributed by atoms with E-state index in [0.29, 0.717) is 17.2 Å². The quantitative estimate of drug-likeness (QED) is 0.656. The molecule has 3 aromatic rings. The molecule has 146 valence electrons. The van der Waals surface area contributed by atoms with Crippen molar-refractivity contribution >= 4 is 32.6 Å². The molecule has 0 aliphatic carbocycles. The van der Waals surface area contributed by atoms with Gasteiger partial charge in [-0.3, -0.25) is 9.78 Å². The van der Waals surface area contributed by atoms with E-state index in [2.05, 4.69) is 20.6 Å².